The van der Waals surface area contributed by atoms with Crippen LogP contribution >= 0.6 is 0 Å². The molecule has 0 spiro atoms. The Morgan fingerprint density at radius 3 is 2.48 bits per heavy atom. The van der Waals surface area contributed by atoms with Gasteiger partial charge < -0.3 is 10.1 Å². The van der Waals surface area contributed by atoms with Crippen LogP contribution in [0.4, 0.5) is 14.5 Å². The Hall–Kier alpha value is -2.11. The van der Waals surface area contributed by atoms with Gasteiger partial charge >= 0.3 is 6.61 Å². The second kappa shape index (κ2) is 6.56. The molecule has 1 N–H and O–H groups in total. The van der Waals surface area contributed by atoms with Crippen molar-refractivity contribution in [2.24, 2.45) is 7.05 Å². The van der Waals surface area contributed by atoms with E-state index < -0.39 is 6.61 Å². The predicted molar refractivity (Wildman–Crippen MR) is 77.7 cm³/mol. The Balaban J connectivity index is 2.00. The molecule has 21 heavy (non-hydrogen) atoms. The first kappa shape index (κ1) is 15.3. The summed E-state index contributed by atoms with van der Waals surface area (Å²) in [6, 6.07) is 6.45. The van der Waals surface area contributed by atoms with Gasteiger partial charge in [-0.25, -0.2) is 0 Å². The van der Waals surface area contributed by atoms with E-state index in [9.17, 15) is 8.78 Å². The number of benzene rings is 1. The lowest BCUT2D eigenvalue weighted by atomic mass is 10.1. The van der Waals surface area contributed by atoms with Gasteiger partial charge in [0.1, 0.15) is 5.75 Å². The van der Waals surface area contributed by atoms with Crippen LogP contribution in [0.5, 0.6) is 5.75 Å². The molecule has 2 aromatic rings. The Morgan fingerprint density at radius 2 is 1.90 bits per heavy atom. The zero-order valence-corrected chi connectivity index (χ0v) is 12.3. The Bertz CT molecular complexity index is 579. The lowest BCUT2D eigenvalue weighted by Gasteiger charge is -2.09. The number of aromatic nitrogens is 2. The summed E-state index contributed by atoms with van der Waals surface area (Å²) in [5.41, 5.74) is 3.03. The number of ether oxygens (including phenoxy) is 1. The van der Waals surface area contributed by atoms with Crippen LogP contribution in [0.15, 0.2) is 30.5 Å². The van der Waals surface area contributed by atoms with Crippen molar-refractivity contribution in [3.63, 3.8) is 0 Å². The van der Waals surface area contributed by atoms with E-state index in [1.807, 2.05) is 13.2 Å². The van der Waals surface area contributed by atoms with E-state index >= 15 is 0 Å². The van der Waals surface area contributed by atoms with Crippen LogP contribution in [0, 0.1) is 0 Å². The van der Waals surface area contributed by atoms with E-state index in [-0.39, 0.29) is 5.75 Å². The number of nitrogens with zero attached hydrogens (tertiary/aromatic N) is 2. The zero-order valence-electron chi connectivity index (χ0n) is 12.3. The first-order chi connectivity index (χ1) is 9.95. The summed E-state index contributed by atoms with van der Waals surface area (Å²) in [6.45, 7) is 2.04. The fraction of sp³-hybridized carbons (Fsp3) is 0.400. The number of hydrogen-bond donors (Lipinski definition) is 1. The Kier molecular flexibility index (Phi) is 4.77. The van der Waals surface area contributed by atoms with Crippen molar-refractivity contribution in [3.05, 3.63) is 41.7 Å². The largest absolute Gasteiger partial charge is 0.435 e. The summed E-state index contributed by atoms with van der Waals surface area (Å²) in [6.07, 6.45) is 1.98. The topological polar surface area (TPSA) is 39.1 Å². The highest BCUT2D eigenvalue weighted by Crippen LogP contribution is 2.21. The maximum absolute atomic E-state index is 12.1. The molecule has 0 saturated heterocycles. The normalized spacial score (nSPS) is 11.2. The summed E-state index contributed by atoms with van der Waals surface area (Å²) < 4.78 is 30.2. The van der Waals surface area contributed by atoms with Crippen LogP contribution in [0.3, 0.4) is 0 Å². The average Bonchev–Trinajstić information content (AvgIpc) is 2.79. The monoisotopic (exact) mass is 295 g/mol. The van der Waals surface area contributed by atoms with Crippen molar-refractivity contribution in [2.75, 3.05) is 5.32 Å². The van der Waals surface area contributed by atoms with E-state index in [1.165, 1.54) is 12.1 Å². The maximum Gasteiger partial charge on any atom is 0.387 e. The van der Waals surface area contributed by atoms with Gasteiger partial charge in [0.25, 0.3) is 0 Å². The van der Waals surface area contributed by atoms with Gasteiger partial charge in [-0.1, -0.05) is 13.8 Å². The van der Waals surface area contributed by atoms with E-state index in [2.05, 4.69) is 29.0 Å². The van der Waals surface area contributed by atoms with E-state index in [4.69, 9.17) is 0 Å². The smallest absolute Gasteiger partial charge is 0.387 e. The molecule has 0 aliphatic rings. The van der Waals surface area contributed by atoms with Gasteiger partial charge in [0.05, 0.1) is 5.69 Å². The molecule has 0 aliphatic carbocycles. The van der Waals surface area contributed by atoms with Crippen molar-refractivity contribution in [3.8, 4) is 5.75 Å². The summed E-state index contributed by atoms with van der Waals surface area (Å²) in [5.74, 6) is 0.504. The summed E-state index contributed by atoms with van der Waals surface area (Å²) in [4.78, 5) is 0. The zero-order chi connectivity index (χ0) is 15.4. The minimum absolute atomic E-state index is 0.153. The molecule has 0 atom stereocenters. The number of halogens is 2. The highest BCUT2D eigenvalue weighted by molar-refractivity contribution is 5.47. The van der Waals surface area contributed by atoms with Gasteiger partial charge in [-0.05, 0) is 30.2 Å². The highest BCUT2D eigenvalue weighted by Gasteiger charge is 2.11. The Morgan fingerprint density at radius 1 is 1.24 bits per heavy atom. The number of rotatable bonds is 6. The maximum atomic E-state index is 12.1. The number of nitrogens with one attached hydrogen (secondary N) is 1. The highest BCUT2D eigenvalue weighted by atomic mass is 19.3. The molecule has 0 fully saturated rings. The molecule has 4 nitrogen and oxygen atoms in total. The molecule has 0 unspecified atom stereocenters. The second-order valence-electron chi connectivity index (χ2n) is 5.12. The molecule has 0 bridgehead atoms. The molecule has 0 radical (unpaired) electrons. The summed E-state index contributed by atoms with van der Waals surface area (Å²) >= 11 is 0. The average molecular weight is 295 g/mol. The number of alkyl halides is 2. The van der Waals surface area contributed by atoms with E-state index in [0.717, 1.165) is 16.9 Å². The summed E-state index contributed by atoms with van der Waals surface area (Å²) in [5, 5.41) is 7.70. The number of hydrogen-bond acceptors (Lipinski definition) is 3. The van der Waals surface area contributed by atoms with Crippen LogP contribution < -0.4 is 10.1 Å². The second-order valence-corrected chi connectivity index (χ2v) is 5.12. The van der Waals surface area contributed by atoms with Gasteiger partial charge in [0.2, 0.25) is 0 Å². The molecule has 0 amide bonds. The van der Waals surface area contributed by atoms with Gasteiger partial charge in [0, 0.05) is 31.0 Å². The van der Waals surface area contributed by atoms with Crippen LogP contribution in [0.1, 0.15) is 31.0 Å². The molecule has 1 heterocycles. The third-order valence-corrected chi connectivity index (χ3v) is 3.05. The minimum atomic E-state index is -2.80. The Labute approximate surface area is 122 Å². The van der Waals surface area contributed by atoms with E-state index in [1.54, 1.807) is 16.8 Å². The lowest BCUT2D eigenvalue weighted by molar-refractivity contribution is -0.0498. The number of aryl methyl sites for hydroxylation is 1. The third kappa shape index (κ3) is 4.18. The van der Waals surface area contributed by atoms with Gasteiger partial charge in [-0.3, -0.25) is 4.68 Å². The van der Waals surface area contributed by atoms with Crippen molar-refractivity contribution >= 4 is 5.69 Å². The quantitative estimate of drug-likeness (QED) is 0.882. The molecule has 6 heteroatoms. The van der Waals surface area contributed by atoms with Gasteiger partial charge in [-0.2, -0.15) is 13.9 Å². The molecule has 0 aliphatic heterocycles. The molecule has 0 saturated carbocycles. The van der Waals surface area contributed by atoms with Gasteiger partial charge in [-0.15, -0.1) is 0 Å². The molecular weight excluding hydrogens is 276 g/mol. The fourth-order valence-electron chi connectivity index (χ4n) is 2.13. The first-order valence-corrected chi connectivity index (χ1v) is 6.77. The van der Waals surface area contributed by atoms with Crippen LogP contribution in [0.25, 0.3) is 0 Å². The molecule has 114 valence electrons. The molecule has 1 aromatic carbocycles. The molecule has 1 aromatic heterocycles. The molecular formula is C15H19F2N3O. The minimum Gasteiger partial charge on any atom is -0.435 e. The van der Waals surface area contributed by atoms with Crippen molar-refractivity contribution in [1.29, 1.82) is 0 Å². The van der Waals surface area contributed by atoms with Gasteiger partial charge in [0.15, 0.2) is 0 Å². The van der Waals surface area contributed by atoms with Crippen LogP contribution in [0.2, 0.25) is 0 Å². The lowest BCUT2D eigenvalue weighted by Crippen LogP contribution is -2.04. The van der Waals surface area contributed by atoms with Crippen LogP contribution in [-0.4, -0.2) is 16.4 Å². The standard InChI is InChI=1S/C15H19F2N3O/c1-10(2)14-11(9-20(3)19-14)8-18-12-4-6-13(7-5-12)21-15(16)17/h4-7,9-10,15,18H,8H2,1-3H3. The third-order valence-electron chi connectivity index (χ3n) is 3.05. The number of anilines is 1. The summed E-state index contributed by atoms with van der Waals surface area (Å²) in [7, 11) is 1.89. The SMILES string of the molecule is CC(C)c1nn(C)cc1CNc1ccc(OC(F)F)cc1. The van der Waals surface area contributed by atoms with Crippen molar-refractivity contribution < 1.29 is 13.5 Å². The van der Waals surface area contributed by atoms with Crippen molar-refractivity contribution in [1.82, 2.24) is 9.78 Å². The fourth-order valence-corrected chi connectivity index (χ4v) is 2.13. The van der Waals surface area contributed by atoms with Crippen LogP contribution in [-0.2, 0) is 13.6 Å². The predicted octanol–water partition coefficient (Wildman–Crippen LogP) is 3.76. The molecule has 2 rings (SSSR count). The van der Waals surface area contributed by atoms with E-state index in [0.29, 0.717) is 12.5 Å². The van der Waals surface area contributed by atoms with Crippen molar-refractivity contribution in [2.45, 2.75) is 32.9 Å². The first-order valence-electron chi connectivity index (χ1n) is 6.77.